The van der Waals surface area contributed by atoms with Crippen LogP contribution in [0.1, 0.15) is 20.8 Å². The van der Waals surface area contributed by atoms with Crippen LogP contribution in [0.15, 0.2) is 29.6 Å². The summed E-state index contributed by atoms with van der Waals surface area (Å²) in [6, 6.07) is 6.17. The summed E-state index contributed by atoms with van der Waals surface area (Å²) in [5.41, 5.74) is 1.39. The van der Waals surface area contributed by atoms with Crippen molar-refractivity contribution in [1.29, 1.82) is 0 Å². The minimum atomic E-state index is -0.359. The number of aliphatic hydroxyl groups excluding tert-OH is 1. The van der Waals surface area contributed by atoms with Gasteiger partial charge >= 0.3 is 0 Å². The number of benzene rings is 1. The van der Waals surface area contributed by atoms with Gasteiger partial charge in [0.15, 0.2) is 0 Å². The van der Waals surface area contributed by atoms with Crippen LogP contribution >= 0.6 is 11.3 Å². The number of aryl methyl sites for hydroxylation is 1. The Hall–Kier alpha value is -2.16. The number of hydrogen-bond acceptors (Lipinski definition) is 3. The zero-order chi connectivity index (χ0) is 14.5. The quantitative estimate of drug-likeness (QED) is 0.835. The van der Waals surface area contributed by atoms with E-state index in [1.807, 2.05) is 0 Å². The number of amides is 1. The minimum absolute atomic E-state index is 0.220. The molecule has 1 heterocycles. The van der Waals surface area contributed by atoms with Gasteiger partial charge in [0.2, 0.25) is 0 Å². The summed E-state index contributed by atoms with van der Waals surface area (Å²) >= 11 is 1.31. The molecule has 0 aliphatic carbocycles. The highest BCUT2D eigenvalue weighted by molar-refractivity contribution is 7.10. The fourth-order valence-corrected chi connectivity index (χ4v) is 2.28. The summed E-state index contributed by atoms with van der Waals surface area (Å²) in [5.74, 6) is 4.57. The van der Waals surface area contributed by atoms with Gasteiger partial charge in [0.05, 0.1) is 10.4 Å². The Balaban J connectivity index is 2.11. The molecular weight excluding hydrogens is 277 g/mol. The minimum Gasteiger partial charge on any atom is -0.384 e. The first-order valence-electron chi connectivity index (χ1n) is 5.86. The second-order valence-corrected chi connectivity index (χ2v) is 4.99. The molecule has 0 radical (unpaired) electrons. The average Bonchev–Trinajstić information content (AvgIpc) is 2.89. The van der Waals surface area contributed by atoms with E-state index in [1.54, 1.807) is 30.5 Å². The lowest BCUT2D eigenvalue weighted by Gasteiger charge is -2.04. The molecule has 5 heteroatoms. The van der Waals surface area contributed by atoms with Crippen molar-refractivity contribution in [3.8, 4) is 11.8 Å². The van der Waals surface area contributed by atoms with E-state index in [0.29, 0.717) is 21.7 Å². The number of nitrogens with one attached hydrogen (secondary N) is 1. The molecule has 0 aliphatic rings. The van der Waals surface area contributed by atoms with Gasteiger partial charge in [-0.05, 0) is 30.7 Å². The van der Waals surface area contributed by atoms with Crippen molar-refractivity contribution in [1.82, 2.24) is 0 Å². The Morgan fingerprint density at radius 3 is 2.95 bits per heavy atom. The third kappa shape index (κ3) is 3.44. The van der Waals surface area contributed by atoms with Crippen molar-refractivity contribution in [3.63, 3.8) is 0 Å². The molecular formula is C15H12FNO2S. The number of aliphatic hydroxyl groups is 1. The van der Waals surface area contributed by atoms with E-state index in [9.17, 15) is 9.18 Å². The number of hydrogen-bond donors (Lipinski definition) is 2. The van der Waals surface area contributed by atoms with Crippen LogP contribution in [0, 0.1) is 24.6 Å². The van der Waals surface area contributed by atoms with E-state index in [4.69, 9.17) is 5.11 Å². The zero-order valence-electron chi connectivity index (χ0n) is 10.7. The molecule has 102 valence electrons. The Morgan fingerprint density at radius 1 is 1.45 bits per heavy atom. The SMILES string of the molecule is Cc1ccc(NC(=O)c2csc(C#CCO)c2)cc1F. The lowest BCUT2D eigenvalue weighted by atomic mass is 10.2. The molecule has 0 saturated heterocycles. The van der Waals surface area contributed by atoms with Crippen molar-refractivity contribution < 1.29 is 14.3 Å². The lowest BCUT2D eigenvalue weighted by molar-refractivity contribution is 0.102. The summed E-state index contributed by atoms with van der Waals surface area (Å²) in [6.07, 6.45) is 0. The molecule has 0 aliphatic heterocycles. The van der Waals surface area contributed by atoms with Crippen molar-refractivity contribution in [2.24, 2.45) is 0 Å². The first kappa shape index (κ1) is 14.3. The Labute approximate surface area is 120 Å². The summed E-state index contributed by atoms with van der Waals surface area (Å²) in [7, 11) is 0. The van der Waals surface area contributed by atoms with Gasteiger partial charge in [-0.1, -0.05) is 17.9 Å². The molecule has 2 rings (SSSR count). The molecule has 0 bridgehead atoms. The molecule has 0 fully saturated rings. The van der Waals surface area contributed by atoms with Gasteiger partial charge in [0.1, 0.15) is 12.4 Å². The highest BCUT2D eigenvalue weighted by Crippen LogP contribution is 2.17. The number of halogens is 1. The summed E-state index contributed by atoms with van der Waals surface area (Å²) in [6.45, 7) is 1.44. The maximum Gasteiger partial charge on any atom is 0.256 e. The maximum absolute atomic E-state index is 13.4. The first-order valence-corrected chi connectivity index (χ1v) is 6.74. The van der Waals surface area contributed by atoms with E-state index < -0.39 is 0 Å². The molecule has 0 unspecified atom stereocenters. The van der Waals surface area contributed by atoms with E-state index >= 15 is 0 Å². The zero-order valence-corrected chi connectivity index (χ0v) is 11.6. The second kappa shape index (κ2) is 6.33. The fraction of sp³-hybridized carbons (Fsp3) is 0.133. The Kier molecular flexibility index (Phi) is 4.51. The highest BCUT2D eigenvalue weighted by atomic mass is 32.1. The average molecular weight is 289 g/mol. The number of anilines is 1. The standard InChI is InChI=1S/C15H12FNO2S/c1-10-4-5-12(8-14(10)16)17-15(19)11-7-13(20-9-11)3-2-6-18/h4-5,7-9,18H,6H2,1H3,(H,17,19). The summed E-state index contributed by atoms with van der Waals surface area (Å²) in [4.78, 5) is 12.7. The predicted molar refractivity (Wildman–Crippen MR) is 77.4 cm³/mol. The maximum atomic E-state index is 13.4. The van der Waals surface area contributed by atoms with Gasteiger partial charge in [0.25, 0.3) is 5.91 Å². The van der Waals surface area contributed by atoms with Crippen LogP contribution in [0.4, 0.5) is 10.1 Å². The molecule has 3 nitrogen and oxygen atoms in total. The van der Waals surface area contributed by atoms with Crippen molar-refractivity contribution in [2.45, 2.75) is 6.92 Å². The summed E-state index contributed by atoms with van der Waals surface area (Å²) in [5, 5.41) is 12.9. The van der Waals surface area contributed by atoms with E-state index in [-0.39, 0.29) is 18.3 Å². The first-order chi connectivity index (χ1) is 9.60. The van der Waals surface area contributed by atoms with Crippen molar-refractivity contribution in [3.05, 3.63) is 51.5 Å². The van der Waals surface area contributed by atoms with Crippen LogP contribution in [0.25, 0.3) is 0 Å². The fourth-order valence-electron chi connectivity index (χ4n) is 1.52. The molecule has 2 N–H and O–H groups in total. The van der Waals surface area contributed by atoms with Crippen LogP contribution in [-0.4, -0.2) is 17.6 Å². The van der Waals surface area contributed by atoms with Crippen LogP contribution in [0.3, 0.4) is 0 Å². The number of carbonyl (C=O) groups is 1. The van der Waals surface area contributed by atoms with Gasteiger partial charge in [-0.15, -0.1) is 11.3 Å². The van der Waals surface area contributed by atoms with Crippen LogP contribution in [0.2, 0.25) is 0 Å². The lowest BCUT2D eigenvalue weighted by Crippen LogP contribution is -2.11. The number of carbonyl (C=O) groups excluding carboxylic acids is 1. The van der Waals surface area contributed by atoms with Crippen LogP contribution in [0.5, 0.6) is 0 Å². The predicted octanol–water partition coefficient (Wildman–Crippen LogP) is 2.79. The van der Waals surface area contributed by atoms with Crippen LogP contribution in [-0.2, 0) is 0 Å². The molecule has 0 spiro atoms. The molecule has 2 aromatic rings. The Bertz CT molecular complexity index is 697. The third-order valence-corrected chi connectivity index (χ3v) is 3.43. The number of thiophene rings is 1. The van der Waals surface area contributed by atoms with Gasteiger partial charge in [0, 0.05) is 11.1 Å². The Morgan fingerprint density at radius 2 is 2.25 bits per heavy atom. The van der Waals surface area contributed by atoms with E-state index in [2.05, 4.69) is 17.2 Å². The van der Waals surface area contributed by atoms with Crippen molar-refractivity contribution >= 4 is 22.9 Å². The monoisotopic (exact) mass is 289 g/mol. The van der Waals surface area contributed by atoms with E-state index in [0.717, 1.165) is 0 Å². The largest absolute Gasteiger partial charge is 0.384 e. The third-order valence-electron chi connectivity index (χ3n) is 2.58. The molecule has 0 atom stereocenters. The van der Waals surface area contributed by atoms with Gasteiger partial charge in [-0.3, -0.25) is 4.79 Å². The molecule has 1 aromatic carbocycles. The van der Waals surface area contributed by atoms with Gasteiger partial charge in [-0.25, -0.2) is 4.39 Å². The normalized spacial score (nSPS) is 9.75. The number of rotatable bonds is 2. The van der Waals surface area contributed by atoms with Gasteiger partial charge < -0.3 is 10.4 Å². The van der Waals surface area contributed by atoms with Gasteiger partial charge in [-0.2, -0.15) is 0 Å². The van der Waals surface area contributed by atoms with Crippen LogP contribution < -0.4 is 5.32 Å². The molecule has 1 aromatic heterocycles. The molecule has 0 saturated carbocycles. The highest BCUT2D eigenvalue weighted by Gasteiger charge is 2.09. The van der Waals surface area contributed by atoms with Crippen molar-refractivity contribution in [2.75, 3.05) is 11.9 Å². The topological polar surface area (TPSA) is 49.3 Å². The molecule has 20 heavy (non-hydrogen) atoms. The smallest absolute Gasteiger partial charge is 0.256 e. The van der Waals surface area contributed by atoms with E-state index in [1.165, 1.54) is 17.4 Å². The molecule has 1 amide bonds. The summed E-state index contributed by atoms with van der Waals surface area (Å²) < 4.78 is 13.4. The second-order valence-electron chi connectivity index (χ2n) is 4.08.